The Morgan fingerprint density at radius 2 is 2.19 bits per heavy atom. The molecular formula is C16H20N2O3. The van der Waals surface area contributed by atoms with E-state index >= 15 is 0 Å². The van der Waals surface area contributed by atoms with Gasteiger partial charge in [0.1, 0.15) is 5.82 Å². The van der Waals surface area contributed by atoms with Gasteiger partial charge >= 0.3 is 5.97 Å². The zero-order chi connectivity index (χ0) is 15.4. The molecule has 1 aromatic heterocycles. The van der Waals surface area contributed by atoms with Gasteiger partial charge < -0.3 is 14.8 Å². The molecule has 5 nitrogen and oxygen atoms in total. The van der Waals surface area contributed by atoms with Gasteiger partial charge in [0.15, 0.2) is 0 Å². The molecule has 2 aromatic rings. The molecule has 1 aliphatic carbocycles. The van der Waals surface area contributed by atoms with E-state index in [9.17, 15) is 9.90 Å². The molecular weight excluding hydrogens is 268 g/mol. The number of imidazole rings is 1. The highest BCUT2D eigenvalue weighted by atomic mass is 16.4. The lowest BCUT2D eigenvalue weighted by molar-refractivity contribution is -0.0886. The molecule has 2 unspecified atom stereocenters. The molecule has 1 fully saturated rings. The zero-order valence-corrected chi connectivity index (χ0v) is 12.5. The minimum Gasteiger partial charge on any atom is -0.478 e. The van der Waals surface area contributed by atoms with Gasteiger partial charge in [-0.25, -0.2) is 9.78 Å². The number of aromatic carboxylic acids is 1. The van der Waals surface area contributed by atoms with Crippen LogP contribution in [0, 0.1) is 5.41 Å². The summed E-state index contributed by atoms with van der Waals surface area (Å²) in [4.78, 5) is 15.7. The Morgan fingerprint density at radius 3 is 2.71 bits per heavy atom. The first-order chi connectivity index (χ1) is 9.86. The summed E-state index contributed by atoms with van der Waals surface area (Å²) in [5.41, 5.74) is 1.72. The van der Waals surface area contributed by atoms with Crippen LogP contribution in [-0.4, -0.2) is 31.8 Å². The molecule has 5 heteroatoms. The van der Waals surface area contributed by atoms with E-state index in [1.54, 1.807) is 12.1 Å². The van der Waals surface area contributed by atoms with Crippen LogP contribution in [-0.2, 0) is 6.42 Å². The number of rotatable bonds is 3. The molecule has 21 heavy (non-hydrogen) atoms. The number of carboxylic acid groups (broad SMARTS) is 1. The second-order valence-electron chi connectivity index (χ2n) is 6.35. The highest BCUT2D eigenvalue weighted by molar-refractivity contribution is 5.92. The summed E-state index contributed by atoms with van der Waals surface area (Å²) in [5.74, 6) is 0.00130. The van der Waals surface area contributed by atoms with Gasteiger partial charge in [0.2, 0.25) is 0 Å². The van der Waals surface area contributed by atoms with Gasteiger partial charge in [-0.05, 0) is 24.6 Å². The van der Waals surface area contributed by atoms with Crippen LogP contribution in [0.2, 0.25) is 0 Å². The summed E-state index contributed by atoms with van der Waals surface area (Å²) in [7, 11) is 0. The van der Waals surface area contributed by atoms with Gasteiger partial charge in [-0.15, -0.1) is 0 Å². The van der Waals surface area contributed by atoms with Crippen LogP contribution in [0.1, 0.15) is 49.4 Å². The molecule has 2 atom stereocenters. The summed E-state index contributed by atoms with van der Waals surface area (Å²) in [6, 6.07) is 5.26. The highest BCUT2D eigenvalue weighted by Crippen LogP contribution is 2.51. The largest absolute Gasteiger partial charge is 0.478 e. The number of aryl methyl sites for hydroxylation is 1. The fourth-order valence-corrected chi connectivity index (χ4v) is 3.20. The third kappa shape index (κ3) is 1.95. The van der Waals surface area contributed by atoms with Crippen molar-refractivity contribution in [3.05, 3.63) is 29.6 Å². The van der Waals surface area contributed by atoms with Crippen molar-refractivity contribution in [2.24, 2.45) is 5.41 Å². The van der Waals surface area contributed by atoms with Crippen LogP contribution in [0.15, 0.2) is 18.2 Å². The van der Waals surface area contributed by atoms with E-state index in [4.69, 9.17) is 5.11 Å². The van der Waals surface area contributed by atoms with E-state index in [-0.39, 0.29) is 23.1 Å². The molecule has 1 saturated carbocycles. The first kappa shape index (κ1) is 14.1. The van der Waals surface area contributed by atoms with Gasteiger partial charge in [0, 0.05) is 17.9 Å². The molecule has 0 bridgehead atoms. The molecule has 112 valence electrons. The maximum atomic E-state index is 11.1. The van der Waals surface area contributed by atoms with E-state index in [0.29, 0.717) is 11.9 Å². The van der Waals surface area contributed by atoms with Crippen molar-refractivity contribution in [2.45, 2.75) is 45.8 Å². The summed E-state index contributed by atoms with van der Waals surface area (Å²) in [6.07, 6.45) is 1.19. The number of hydrogen-bond acceptors (Lipinski definition) is 3. The van der Waals surface area contributed by atoms with Crippen LogP contribution in [0.25, 0.3) is 11.0 Å². The standard InChI is InChI=1S/C16H20N2O3/c1-4-14-17-10-7-9(15(20)21)5-6-11(10)18(14)12-8-13(19)16(12,2)3/h5-7,12-13,19H,4,8H2,1-3H3,(H,20,21). The number of nitrogens with zero attached hydrogens (tertiary/aromatic N) is 2. The topological polar surface area (TPSA) is 75.3 Å². The Balaban J connectivity index is 2.16. The number of carboxylic acids is 1. The fourth-order valence-electron chi connectivity index (χ4n) is 3.20. The Morgan fingerprint density at radius 1 is 1.48 bits per heavy atom. The maximum absolute atomic E-state index is 11.1. The third-order valence-corrected chi connectivity index (χ3v) is 4.80. The third-order valence-electron chi connectivity index (χ3n) is 4.80. The smallest absolute Gasteiger partial charge is 0.335 e. The molecule has 0 saturated heterocycles. The van der Waals surface area contributed by atoms with Gasteiger partial charge in [0.05, 0.1) is 22.7 Å². The number of carbonyl (C=O) groups is 1. The number of aromatic nitrogens is 2. The lowest BCUT2D eigenvalue weighted by Crippen LogP contribution is -2.50. The van der Waals surface area contributed by atoms with E-state index in [1.807, 2.05) is 13.0 Å². The Hall–Kier alpha value is -1.88. The van der Waals surface area contributed by atoms with Crippen molar-refractivity contribution >= 4 is 17.0 Å². The maximum Gasteiger partial charge on any atom is 0.335 e. The molecule has 0 aliphatic heterocycles. The molecule has 0 amide bonds. The summed E-state index contributed by atoms with van der Waals surface area (Å²) >= 11 is 0. The zero-order valence-electron chi connectivity index (χ0n) is 12.5. The van der Waals surface area contributed by atoms with Gasteiger partial charge in [0.25, 0.3) is 0 Å². The van der Waals surface area contributed by atoms with E-state index < -0.39 is 5.97 Å². The second-order valence-corrected chi connectivity index (χ2v) is 6.35. The van der Waals surface area contributed by atoms with Crippen molar-refractivity contribution in [1.29, 1.82) is 0 Å². The number of fused-ring (bicyclic) bond motifs is 1. The van der Waals surface area contributed by atoms with Crippen molar-refractivity contribution in [1.82, 2.24) is 9.55 Å². The Kier molecular flexibility index (Phi) is 3.06. The van der Waals surface area contributed by atoms with E-state index in [2.05, 4.69) is 23.4 Å². The number of benzene rings is 1. The molecule has 0 spiro atoms. The van der Waals surface area contributed by atoms with E-state index in [0.717, 1.165) is 17.8 Å². The van der Waals surface area contributed by atoms with Crippen molar-refractivity contribution < 1.29 is 15.0 Å². The first-order valence-corrected chi connectivity index (χ1v) is 7.28. The summed E-state index contributed by atoms with van der Waals surface area (Å²) in [5, 5.41) is 19.1. The van der Waals surface area contributed by atoms with Crippen LogP contribution in [0.3, 0.4) is 0 Å². The van der Waals surface area contributed by atoms with E-state index in [1.165, 1.54) is 0 Å². The number of hydrogen-bond donors (Lipinski definition) is 2. The Labute approximate surface area is 123 Å². The molecule has 0 radical (unpaired) electrons. The quantitative estimate of drug-likeness (QED) is 0.910. The van der Waals surface area contributed by atoms with Gasteiger partial charge in [-0.3, -0.25) is 0 Å². The molecule has 3 rings (SSSR count). The molecule has 1 aromatic carbocycles. The average Bonchev–Trinajstić information content (AvgIpc) is 2.81. The predicted octanol–water partition coefficient (Wildman–Crippen LogP) is 2.63. The second kappa shape index (κ2) is 4.56. The normalized spacial score (nSPS) is 24.0. The minimum atomic E-state index is -0.941. The van der Waals surface area contributed by atoms with Crippen LogP contribution < -0.4 is 0 Å². The van der Waals surface area contributed by atoms with Crippen molar-refractivity contribution in [3.63, 3.8) is 0 Å². The highest BCUT2D eigenvalue weighted by Gasteiger charge is 2.49. The van der Waals surface area contributed by atoms with Crippen molar-refractivity contribution in [2.75, 3.05) is 0 Å². The predicted molar refractivity (Wildman–Crippen MR) is 79.5 cm³/mol. The number of aliphatic hydroxyl groups is 1. The van der Waals surface area contributed by atoms with Crippen LogP contribution >= 0.6 is 0 Å². The molecule has 1 aliphatic rings. The molecule has 2 N–H and O–H groups in total. The monoisotopic (exact) mass is 288 g/mol. The van der Waals surface area contributed by atoms with Crippen molar-refractivity contribution in [3.8, 4) is 0 Å². The lowest BCUT2D eigenvalue weighted by atomic mass is 9.64. The fraction of sp³-hybridized carbons (Fsp3) is 0.500. The SMILES string of the molecule is CCc1nc2cc(C(=O)O)ccc2n1C1CC(O)C1(C)C. The van der Waals surface area contributed by atoms with Gasteiger partial charge in [-0.2, -0.15) is 0 Å². The van der Waals surface area contributed by atoms with Gasteiger partial charge in [-0.1, -0.05) is 20.8 Å². The first-order valence-electron chi connectivity index (χ1n) is 7.28. The molecule has 1 heterocycles. The lowest BCUT2D eigenvalue weighted by Gasteiger charge is -2.50. The van der Waals surface area contributed by atoms with Crippen LogP contribution in [0.4, 0.5) is 0 Å². The summed E-state index contributed by atoms with van der Waals surface area (Å²) in [6.45, 7) is 6.16. The summed E-state index contributed by atoms with van der Waals surface area (Å²) < 4.78 is 2.17. The minimum absolute atomic E-state index is 0.191. The Bertz CT molecular complexity index is 718. The average molecular weight is 288 g/mol. The van der Waals surface area contributed by atoms with Crippen LogP contribution in [0.5, 0.6) is 0 Å². The number of aliphatic hydroxyl groups excluding tert-OH is 1.